The first kappa shape index (κ1) is 15.8. The maximum atomic E-state index is 6.21. The molecule has 0 aliphatic carbocycles. The van der Waals surface area contributed by atoms with Gasteiger partial charge in [-0.1, -0.05) is 24.6 Å². The Hall–Kier alpha value is -0.550. The van der Waals surface area contributed by atoms with Crippen LogP contribution in [0.15, 0.2) is 34.8 Å². The summed E-state index contributed by atoms with van der Waals surface area (Å²) in [6.45, 7) is 4.10. The summed E-state index contributed by atoms with van der Waals surface area (Å²) in [6.07, 6.45) is 0.653. The van der Waals surface area contributed by atoms with E-state index in [0.717, 1.165) is 25.9 Å². The summed E-state index contributed by atoms with van der Waals surface area (Å²) in [7, 11) is 0. The van der Waals surface area contributed by atoms with Gasteiger partial charge in [0.15, 0.2) is 0 Å². The van der Waals surface area contributed by atoms with Gasteiger partial charge in [-0.3, -0.25) is 0 Å². The van der Waals surface area contributed by atoms with Gasteiger partial charge in [-0.25, -0.2) is 0 Å². The van der Waals surface area contributed by atoms with Crippen LogP contribution >= 0.6 is 38.9 Å². The van der Waals surface area contributed by atoms with Gasteiger partial charge in [0.1, 0.15) is 11.9 Å². The van der Waals surface area contributed by atoms with Crippen LogP contribution in [0.2, 0.25) is 4.34 Å². The maximum absolute atomic E-state index is 6.21. The lowest BCUT2D eigenvalue weighted by atomic mass is 10.1. The van der Waals surface area contributed by atoms with E-state index in [9.17, 15) is 0 Å². The molecule has 1 aromatic heterocycles. The van der Waals surface area contributed by atoms with Crippen molar-refractivity contribution in [2.24, 2.45) is 5.73 Å². The van der Waals surface area contributed by atoms with E-state index in [4.69, 9.17) is 22.1 Å². The third kappa shape index (κ3) is 3.76. The van der Waals surface area contributed by atoms with E-state index in [1.807, 2.05) is 37.3 Å². The van der Waals surface area contributed by atoms with Gasteiger partial charge in [0.2, 0.25) is 0 Å². The molecule has 2 nitrogen and oxygen atoms in total. The number of halogens is 2. The Kier molecular flexibility index (Phi) is 5.49. The van der Waals surface area contributed by atoms with Gasteiger partial charge in [-0.2, -0.15) is 0 Å². The minimum absolute atomic E-state index is 0.0714. The number of nitrogens with two attached hydrogens (primary N) is 1. The van der Waals surface area contributed by atoms with Crippen LogP contribution in [0.5, 0.6) is 5.75 Å². The van der Waals surface area contributed by atoms with Gasteiger partial charge >= 0.3 is 0 Å². The van der Waals surface area contributed by atoms with Crippen LogP contribution in [-0.2, 0) is 0 Å². The Labute approximate surface area is 137 Å². The quantitative estimate of drug-likeness (QED) is 0.767. The van der Waals surface area contributed by atoms with Gasteiger partial charge in [-0.15, -0.1) is 11.3 Å². The van der Waals surface area contributed by atoms with Gasteiger partial charge in [0, 0.05) is 10.9 Å². The van der Waals surface area contributed by atoms with E-state index in [1.54, 1.807) is 0 Å². The number of hydrogen-bond acceptors (Lipinski definition) is 3. The summed E-state index contributed by atoms with van der Waals surface area (Å²) in [6, 6.07) is 9.81. The maximum Gasteiger partial charge on any atom is 0.148 e. The molecule has 0 spiro atoms. The van der Waals surface area contributed by atoms with Crippen molar-refractivity contribution in [1.29, 1.82) is 0 Å². The summed E-state index contributed by atoms with van der Waals surface area (Å²) >= 11 is 11.1. The first-order chi connectivity index (χ1) is 9.51. The Morgan fingerprint density at radius 1 is 1.35 bits per heavy atom. The molecule has 2 N–H and O–H groups in total. The molecule has 0 aliphatic heterocycles. The van der Waals surface area contributed by atoms with E-state index < -0.39 is 0 Å². The fourth-order valence-electron chi connectivity index (χ4n) is 1.89. The average Bonchev–Trinajstić information content (AvgIpc) is 2.83. The predicted octanol–water partition coefficient (Wildman–Crippen LogP) is 5.33. The largest absolute Gasteiger partial charge is 0.482 e. The third-order valence-electron chi connectivity index (χ3n) is 3.08. The van der Waals surface area contributed by atoms with Crippen LogP contribution in [0.25, 0.3) is 0 Å². The Balaban J connectivity index is 2.28. The average molecular weight is 375 g/mol. The van der Waals surface area contributed by atoms with E-state index in [1.165, 1.54) is 16.9 Å². The molecular weight excluding hydrogens is 358 g/mol. The molecule has 1 heterocycles. The first-order valence-electron chi connectivity index (χ1n) is 6.45. The second kappa shape index (κ2) is 6.94. The van der Waals surface area contributed by atoms with Crippen molar-refractivity contribution < 1.29 is 4.74 Å². The van der Waals surface area contributed by atoms with Gasteiger partial charge in [0.05, 0.1) is 8.81 Å². The van der Waals surface area contributed by atoms with Crippen LogP contribution in [0, 0.1) is 6.92 Å². The molecule has 2 atom stereocenters. The molecule has 20 heavy (non-hydrogen) atoms. The zero-order valence-corrected chi connectivity index (χ0v) is 14.6. The number of thiophene rings is 1. The monoisotopic (exact) mass is 373 g/mol. The van der Waals surface area contributed by atoms with Gasteiger partial charge in [0.25, 0.3) is 0 Å². The van der Waals surface area contributed by atoms with Crippen molar-refractivity contribution in [2.45, 2.75) is 32.4 Å². The number of benzene rings is 1. The minimum Gasteiger partial charge on any atom is -0.482 e. The molecule has 0 fully saturated rings. The highest BCUT2D eigenvalue weighted by atomic mass is 79.9. The first-order valence-corrected chi connectivity index (χ1v) is 8.43. The summed E-state index contributed by atoms with van der Waals surface area (Å²) in [4.78, 5) is 1.05. The van der Waals surface area contributed by atoms with Gasteiger partial charge < -0.3 is 10.5 Å². The molecule has 2 rings (SSSR count). The Morgan fingerprint density at radius 3 is 2.65 bits per heavy atom. The second-order valence-corrected chi connectivity index (χ2v) is 7.29. The molecule has 1 aromatic carbocycles. The molecule has 2 unspecified atom stereocenters. The van der Waals surface area contributed by atoms with Gasteiger partial charge in [-0.05, 0) is 59.1 Å². The number of ether oxygens (including phenoxy) is 1. The van der Waals surface area contributed by atoms with Crippen molar-refractivity contribution in [2.75, 3.05) is 0 Å². The Morgan fingerprint density at radius 2 is 2.10 bits per heavy atom. The number of hydrogen-bond donors (Lipinski definition) is 1. The highest BCUT2D eigenvalue weighted by Crippen LogP contribution is 2.35. The minimum atomic E-state index is -0.184. The lowest BCUT2D eigenvalue weighted by molar-refractivity contribution is 0.173. The molecule has 2 aromatic rings. The van der Waals surface area contributed by atoms with Crippen LogP contribution in [0.3, 0.4) is 0 Å². The summed E-state index contributed by atoms with van der Waals surface area (Å²) < 4.78 is 7.82. The highest BCUT2D eigenvalue weighted by molar-refractivity contribution is 9.10. The summed E-state index contributed by atoms with van der Waals surface area (Å²) in [5.74, 6) is 0.800. The van der Waals surface area contributed by atoms with Crippen molar-refractivity contribution in [3.8, 4) is 5.75 Å². The zero-order chi connectivity index (χ0) is 14.7. The molecule has 5 heteroatoms. The number of rotatable bonds is 5. The number of aryl methyl sites for hydroxylation is 1. The lowest BCUT2D eigenvalue weighted by Crippen LogP contribution is -2.31. The van der Waals surface area contributed by atoms with Crippen LogP contribution < -0.4 is 10.5 Å². The molecule has 0 radical (unpaired) electrons. The molecular formula is C15H17BrClNOS. The Bertz CT molecular complexity index is 587. The highest BCUT2D eigenvalue weighted by Gasteiger charge is 2.23. The lowest BCUT2D eigenvalue weighted by Gasteiger charge is -2.24. The molecule has 0 saturated carbocycles. The fourth-order valence-corrected chi connectivity index (χ4v) is 3.64. The second-order valence-electron chi connectivity index (χ2n) is 4.69. The molecule has 0 amide bonds. The van der Waals surface area contributed by atoms with Crippen molar-refractivity contribution in [3.63, 3.8) is 0 Å². The summed E-state index contributed by atoms with van der Waals surface area (Å²) in [5.41, 5.74) is 7.39. The van der Waals surface area contributed by atoms with E-state index in [0.29, 0.717) is 0 Å². The van der Waals surface area contributed by atoms with Crippen molar-refractivity contribution >= 4 is 38.9 Å². The molecule has 0 saturated heterocycles. The zero-order valence-electron chi connectivity index (χ0n) is 11.4. The molecule has 0 bridgehead atoms. The van der Waals surface area contributed by atoms with E-state index in [2.05, 4.69) is 22.9 Å². The topological polar surface area (TPSA) is 35.2 Å². The molecule has 108 valence electrons. The van der Waals surface area contributed by atoms with Crippen LogP contribution in [0.1, 0.15) is 29.9 Å². The standard InChI is InChI=1S/C15H17BrClNOS/c1-3-11(18)15(13-6-7-14(17)20-13)19-12-5-4-9(2)8-10(12)16/h4-8,11,15H,3,18H2,1-2H3. The third-order valence-corrected chi connectivity index (χ3v) is 4.99. The SMILES string of the molecule is CCC(N)C(Oc1ccc(C)cc1Br)c1ccc(Cl)s1. The van der Waals surface area contributed by atoms with Crippen molar-refractivity contribution in [3.05, 3.63) is 49.6 Å². The molecule has 0 aliphatic rings. The predicted molar refractivity (Wildman–Crippen MR) is 89.8 cm³/mol. The fraction of sp³-hybridized carbons (Fsp3) is 0.333. The van der Waals surface area contributed by atoms with Crippen LogP contribution in [-0.4, -0.2) is 6.04 Å². The summed E-state index contributed by atoms with van der Waals surface area (Å²) in [5, 5.41) is 0. The normalized spacial score (nSPS) is 14.1. The van der Waals surface area contributed by atoms with E-state index in [-0.39, 0.29) is 12.1 Å². The van der Waals surface area contributed by atoms with Crippen molar-refractivity contribution in [1.82, 2.24) is 0 Å². The van der Waals surface area contributed by atoms with E-state index >= 15 is 0 Å². The van der Waals surface area contributed by atoms with Crippen LogP contribution in [0.4, 0.5) is 0 Å². The smallest absolute Gasteiger partial charge is 0.148 e.